The molecule has 0 unspecified atom stereocenters. The zero-order valence-corrected chi connectivity index (χ0v) is 19.5. The van der Waals surface area contributed by atoms with Crippen LogP contribution in [-0.4, -0.2) is 24.1 Å². The van der Waals surface area contributed by atoms with E-state index < -0.39 is 15.9 Å². The second kappa shape index (κ2) is 9.09. The van der Waals surface area contributed by atoms with E-state index in [1.165, 1.54) is 18.2 Å². The average Bonchev–Trinajstić information content (AvgIpc) is 3.19. The summed E-state index contributed by atoms with van der Waals surface area (Å²) in [5.41, 5.74) is 3.64. The summed E-state index contributed by atoms with van der Waals surface area (Å²) in [7, 11) is -3.92. The van der Waals surface area contributed by atoms with Gasteiger partial charge >= 0.3 is 0 Å². The molecule has 0 atom stereocenters. The molecule has 3 aromatic carbocycles. The second-order valence-corrected chi connectivity index (χ2v) is 9.60. The third-order valence-electron chi connectivity index (χ3n) is 4.94. The number of hydrogen-bond donors (Lipinski definition) is 2. The number of halogens is 1. The Balaban J connectivity index is 1.59. The van der Waals surface area contributed by atoms with Gasteiger partial charge in [-0.3, -0.25) is 9.52 Å². The lowest BCUT2D eigenvalue weighted by molar-refractivity contribution is 0.102. The summed E-state index contributed by atoms with van der Waals surface area (Å²) in [5.74, 6) is -0.526. The van der Waals surface area contributed by atoms with Crippen LogP contribution in [0.25, 0.3) is 5.69 Å². The largest absolute Gasteiger partial charge is 0.322 e. The molecular weight excluding hydrogens is 460 g/mol. The Hall–Kier alpha value is -3.62. The van der Waals surface area contributed by atoms with Gasteiger partial charge in [0.05, 0.1) is 21.2 Å². The van der Waals surface area contributed by atoms with E-state index in [1.807, 2.05) is 32.0 Å². The van der Waals surface area contributed by atoms with E-state index >= 15 is 0 Å². The van der Waals surface area contributed by atoms with E-state index in [9.17, 15) is 13.2 Å². The Labute approximate surface area is 197 Å². The minimum absolute atomic E-state index is 0.0458. The van der Waals surface area contributed by atoms with Gasteiger partial charge in [-0.25, -0.2) is 13.1 Å². The van der Waals surface area contributed by atoms with Crippen molar-refractivity contribution in [3.63, 3.8) is 0 Å². The van der Waals surface area contributed by atoms with Gasteiger partial charge in [-0.05, 0) is 74.0 Å². The molecule has 2 N–H and O–H groups in total. The molecular formula is C24H21ClN4O3S. The molecule has 0 spiro atoms. The normalized spacial score (nSPS) is 11.2. The van der Waals surface area contributed by atoms with Crippen molar-refractivity contribution in [1.29, 1.82) is 0 Å². The highest BCUT2D eigenvalue weighted by atomic mass is 35.5. The number of aryl methyl sites for hydroxylation is 2. The predicted molar refractivity (Wildman–Crippen MR) is 130 cm³/mol. The highest BCUT2D eigenvalue weighted by molar-refractivity contribution is 7.92. The third-order valence-corrected chi connectivity index (χ3v) is 6.65. The molecule has 1 aromatic heterocycles. The standard InChI is InChI=1S/C24H21ClN4O3S/c1-16-5-3-7-19(13-16)28-33(31,32)21-9-10-23(25)22(15-21)24(30)27-18-6-4-8-20(14-18)29-17(2)11-12-26-29/h3-15,28H,1-2H3,(H,27,30). The Kier molecular flexibility index (Phi) is 6.22. The van der Waals surface area contributed by atoms with E-state index in [1.54, 1.807) is 47.3 Å². The van der Waals surface area contributed by atoms with Gasteiger partial charge in [0.2, 0.25) is 0 Å². The van der Waals surface area contributed by atoms with Crippen LogP contribution in [0.2, 0.25) is 5.02 Å². The van der Waals surface area contributed by atoms with Crippen LogP contribution in [0.1, 0.15) is 21.6 Å². The molecule has 0 radical (unpaired) electrons. The molecule has 9 heteroatoms. The Morgan fingerprint density at radius 2 is 1.70 bits per heavy atom. The molecule has 33 heavy (non-hydrogen) atoms. The molecule has 0 aliphatic carbocycles. The molecule has 0 saturated carbocycles. The summed E-state index contributed by atoms with van der Waals surface area (Å²) in [6, 6.07) is 20.0. The average molecular weight is 481 g/mol. The van der Waals surface area contributed by atoms with Crippen molar-refractivity contribution in [2.24, 2.45) is 0 Å². The van der Waals surface area contributed by atoms with Crippen molar-refractivity contribution in [2.45, 2.75) is 18.7 Å². The predicted octanol–water partition coefficient (Wildman–Crippen LogP) is 5.20. The zero-order valence-electron chi connectivity index (χ0n) is 17.9. The van der Waals surface area contributed by atoms with E-state index in [0.29, 0.717) is 11.4 Å². The van der Waals surface area contributed by atoms with Crippen molar-refractivity contribution in [1.82, 2.24) is 9.78 Å². The number of carbonyl (C=O) groups is 1. The van der Waals surface area contributed by atoms with Crippen LogP contribution >= 0.6 is 11.6 Å². The minimum atomic E-state index is -3.92. The first-order valence-corrected chi connectivity index (χ1v) is 11.9. The Morgan fingerprint density at radius 1 is 0.939 bits per heavy atom. The molecule has 0 aliphatic heterocycles. The lowest BCUT2D eigenvalue weighted by atomic mass is 10.2. The number of anilines is 2. The van der Waals surface area contributed by atoms with Crippen LogP contribution in [0.3, 0.4) is 0 Å². The first-order valence-electron chi connectivity index (χ1n) is 10.0. The first-order chi connectivity index (χ1) is 15.7. The van der Waals surface area contributed by atoms with Crippen LogP contribution in [-0.2, 0) is 10.0 Å². The molecule has 1 heterocycles. The summed E-state index contributed by atoms with van der Waals surface area (Å²) in [6.45, 7) is 3.79. The Bertz CT molecular complexity index is 1450. The fraction of sp³-hybridized carbons (Fsp3) is 0.0833. The van der Waals surface area contributed by atoms with E-state index in [0.717, 1.165) is 16.9 Å². The van der Waals surface area contributed by atoms with Crippen molar-refractivity contribution in [3.05, 3.63) is 101 Å². The smallest absolute Gasteiger partial charge is 0.261 e. The number of nitrogens with zero attached hydrogens (tertiary/aromatic N) is 2. The van der Waals surface area contributed by atoms with Crippen LogP contribution in [0.4, 0.5) is 11.4 Å². The van der Waals surface area contributed by atoms with E-state index in [2.05, 4.69) is 15.1 Å². The molecule has 0 fully saturated rings. The number of carbonyl (C=O) groups excluding carboxylic acids is 1. The Morgan fingerprint density at radius 3 is 2.42 bits per heavy atom. The highest BCUT2D eigenvalue weighted by Gasteiger charge is 2.19. The fourth-order valence-electron chi connectivity index (χ4n) is 3.32. The minimum Gasteiger partial charge on any atom is -0.322 e. The number of rotatable bonds is 6. The van der Waals surface area contributed by atoms with Crippen molar-refractivity contribution < 1.29 is 13.2 Å². The van der Waals surface area contributed by atoms with Crippen molar-refractivity contribution in [3.8, 4) is 5.69 Å². The van der Waals surface area contributed by atoms with Gasteiger partial charge in [-0.1, -0.05) is 29.8 Å². The van der Waals surface area contributed by atoms with Crippen LogP contribution in [0.15, 0.2) is 83.9 Å². The number of aromatic nitrogens is 2. The SMILES string of the molecule is Cc1cccc(NS(=O)(=O)c2ccc(Cl)c(C(=O)Nc3cccc(-n4nccc4C)c3)c2)c1. The lowest BCUT2D eigenvalue weighted by Crippen LogP contribution is -2.16. The van der Waals surface area contributed by atoms with Gasteiger partial charge in [0, 0.05) is 23.3 Å². The van der Waals surface area contributed by atoms with Gasteiger partial charge in [0.25, 0.3) is 15.9 Å². The number of benzene rings is 3. The highest BCUT2D eigenvalue weighted by Crippen LogP contribution is 2.24. The third kappa shape index (κ3) is 5.08. The second-order valence-electron chi connectivity index (χ2n) is 7.51. The quantitative estimate of drug-likeness (QED) is 0.397. The molecule has 1 amide bonds. The summed E-state index contributed by atoms with van der Waals surface area (Å²) in [5, 5.41) is 7.18. The maximum atomic E-state index is 12.9. The summed E-state index contributed by atoms with van der Waals surface area (Å²) in [6.07, 6.45) is 1.69. The van der Waals surface area contributed by atoms with Crippen LogP contribution in [0, 0.1) is 13.8 Å². The van der Waals surface area contributed by atoms with Gasteiger partial charge in [-0.15, -0.1) is 0 Å². The molecule has 168 valence electrons. The van der Waals surface area contributed by atoms with Crippen molar-refractivity contribution in [2.75, 3.05) is 10.0 Å². The van der Waals surface area contributed by atoms with E-state index in [4.69, 9.17) is 11.6 Å². The molecule has 4 aromatic rings. The zero-order chi connectivity index (χ0) is 23.6. The summed E-state index contributed by atoms with van der Waals surface area (Å²) < 4.78 is 30.0. The molecule has 7 nitrogen and oxygen atoms in total. The lowest BCUT2D eigenvalue weighted by Gasteiger charge is -2.12. The van der Waals surface area contributed by atoms with Crippen LogP contribution in [0.5, 0.6) is 0 Å². The number of amides is 1. The monoisotopic (exact) mass is 480 g/mol. The maximum absolute atomic E-state index is 12.9. The van der Waals surface area contributed by atoms with Gasteiger partial charge in [0.15, 0.2) is 0 Å². The molecule has 0 saturated heterocycles. The maximum Gasteiger partial charge on any atom is 0.261 e. The van der Waals surface area contributed by atoms with Gasteiger partial charge in [0.1, 0.15) is 0 Å². The van der Waals surface area contributed by atoms with Crippen molar-refractivity contribution >= 4 is 38.9 Å². The topological polar surface area (TPSA) is 93.1 Å². The first kappa shape index (κ1) is 22.6. The van der Waals surface area contributed by atoms with E-state index in [-0.39, 0.29) is 15.5 Å². The number of hydrogen-bond acceptors (Lipinski definition) is 4. The fourth-order valence-corrected chi connectivity index (χ4v) is 4.60. The summed E-state index contributed by atoms with van der Waals surface area (Å²) >= 11 is 6.23. The number of nitrogens with one attached hydrogen (secondary N) is 2. The molecule has 0 bridgehead atoms. The summed E-state index contributed by atoms with van der Waals surface area (Å²) in [4.78, 5) is 12.9. The molecule has 4 rings (SSSR count). The van der Waals surface area contributed by atoms with Crippen LogP contribution < -0.4 is 10.0 Å². The molecule has 0 aliphatic rings. The van der Waals surface area contributed by atoms with Gasteiger partial charge < -0.3 is 5.32 Å². The number of sulfonamides is 1. The van der Waals surface area contributed by atoms with Gasteiger partial charge in [-0.2, -0.15) is 5.10 Å².